The molecule has 0 aromatic carbocycles. The maximum atomic E-state index is 4.80. The molecule has 1 heterocycles. The Labute approximate surface area is 118 Å². The fraction of sp³-hybridized carbons (Fsp3) is 0.800. The standard InChI is InChI=1S/C15H30N4/c1-7-14-13(11-16-12(3)4)15(8-2)19(17-14)10-9-18(5)6/h12,16H,7-11H2,1-6H3. The van der Waals surface area contributed by atoms with Crippen molar-refractivity contribution in [2.75, 3.05) is 20.6 Å². The van der Waals surface area contributed by atoms with Crippen LogP contribution in [0.1, 0.15) is 44.6 Å². The van der Waals surface area contributed by atoms with Gasteiger partial charge in [-0.15, -0.1) is 0 Å². The summed E-state index contributed by atoms with van der Waals surface area (Å²) in [6.45, 7) is 11.7. The molecule has 0 aliphatic heterocycles. The molecule has 1 aromatic rings. The molecule has 0 saturated carbocycles. The molecule has 1 aromatic heterocycles. The van der Waals surface area contributed by atoms with Crippen molar-refractivity contribution in [1.82, 2.24) is 20.0 Å². The lowest BCUT2D eigenvalue weighted by Gasteiger charge is -2.13. The van der Waals surface area contributed by atoms with Gasteiger partial charge in [0.1, 0.15) is 0 Å². The third kappa shape index (κ3) is 4.62. The summed E-state index contributed by atoms with van der Waals surface area (Å²) in [6, 6.07) is 0.513. The van der Waals surface area contributed by atoms with E-state index in [-0.39, 0.29) is 0 Å². The monoisotopic (exact) mass is 266 g/mol. The molecule has 0 radical (unpaired) electrons. The molecule has 0 spiro atoms. The molecule has 1 N–H and O–H groups in total. The minimum Gasteiger partial charge on any atom is -0.310 e. The third-order valence-corrected chi connectivity index (χ3v) is 3.37. The Morgan fingerprint density at radius 2 is 1.89 bits per heavy atom. The van der Waals surface area contributed by atoms with Crippen LogP contribution in [-0.2, 0) is 25.9 Å². The first-order valence-corrected chi connectivity index (χ1v) is 7.45. The summed E-state index contributed by atoms with van der Waals surface area (Å²) in [7, 11) is 4.22. The van der Waals surface area contributed by atoms with E-state index in [9.17, 15) is 0 Å². The van der Waals surface area contributed by atoms with Crippen molar-refractivity contribution in [2.24, 2.45) is 0 Å². The summed E-state index contributed by atoms with van der Waals surface area (Å²) in [5.74, 6) is 0. The summed E-state index contributed by atoms with van der Waals surface area (Å²) in [5, 5.41) is 8.33. The Kier molecular flexibility index (Phi) is 6.52. The Hall–Kier alpha value is -0.870. The zero-order valence-corrected chi connectivity index (χ0v) is 13.5. The zero-order valence-electron chi connectivity index (χ0n) is 13.5. The van der Waals surface area contributed by atoms with Crippen LogP contribution in [0.4, 0.5) is 0 Å². The van der Waals surface area contributed by atoms with E-state index < -0.39 is 0 Å². The van der Waals surface area contributed by atoms with Crippen molar-refractivity contribution in [3.8, 4) is 0 Å². The maximum Gasteiger partial charge on any atom is 0.0669 e. The number of nitrogens with one attached hydrogen (secondary N) is 1. The number of rotatable bonds is 8. The van der Waals surface area contributed by atoms with Crippen molar-refractivity contribution in [3.05, 3.63) is 17.0 Å². The molecule has 1 rings (SSSR count). The highest BCUT2D eigenvalue weighted by molar-refractivity contribution is 5.26. The predicted molar refractivity (Wildman–Crippen MR) is 81.5 cm³/mol. The number of hydrogen-bond acceptors (Lipinski definition) is 3. The SMILES string of the molecule is CCc1nn(CCN(C)C)c(CC)c1CNC(C)C. The number of aryl methyl sites for hydroxylation is 1. The fourth-order valence-corrected chi connectivity index (χ4v) is 2.26. The number of aromatic nitrogens is 2. The van der Waals surface area contributed by atoms with E-state index in [2.05, 4.69) is 56.7 Å². The highest BCUT2D eigenvalue weighted by atomic mass is 15.3. The molecule has 0 aliphatic carbocycles. The molecule has 110 valence electrons. The van der Waals surface area contributed by atoms with Gasteiger partial charge in [0.2, 0.25) is 0 Å². The lowest BCUT2D eigenvalue weighted by molar-refractivity contribution is 0.369. The molecule has 19 heavy (non-hydrogen) atoms. The minimum absolute atomic E-state index is 0.513. The van der Waals surface area contributed by atoms with Gasteiger partial charge in [0.05, 0.1) is 12.2 Å². The van der Waals surface area contributed by atoms with Gasteiger partial charge in [0.15, 0.2) is 0 Å². The lowest BCUT2D eigenvalue weighted by atomic mass is 10.1. The second-order valence-electron chi connectivity index (χ2n) is 5.64. The second kappa shape index (κ2) is 7.65. The summed E-state index contributed by atoms with van der Waals surface area (Å²) in [4.78, 5) is 2.21. The van der Waals surface area contributed by atoms with Crippen LogP contribution in [0.5, 0.6) is 0 Å². The summed E-state index contributed by atoms with van der Waals surface area (Å²) in [6.07, 6.45) is 2.06. The quantitative estimate of drug-likeness (QED) is 0.782. The van der Waals surface area contributed by atoms with Gasteiger partial charge < -0.3 is 10.2 Å². The van der Waals surface area contributed by atoms with Crippen molar-refractivity contribution in [2.45, 2.75) is 59.7 Å². The van der Waals surface area contributed by atoms with Crippen LogP contribution in [-0.4, -0.2) is 41.4 Å². The summed E-state index contributed by atoms with van der Waals surface area (Å²) >= 11 is 0. The van der Waals surface area contributed by atoms with Crippen LogP contribution in [0.3, 0.4) is 0 Å². The van der Waals surface area contributed by atoms with E-state index in [4.69, 9.17) is 5.10 Å². The van der Waals surface area contributed by atoms with Crippen LogP contribution in [0, 0.1) is 0 Å². The number of nitrogens with zero attached hydrogens (tertiary/aromatic N) is 3. The van der Waals surface area contributed by atoms with Crippen LogP contribution in [0.15, 0.2) is 0 Å². The first kappa shape index (κ1) is 16.2. The zero-order chi connectivity index (χ0) is 14.4. The van der Waals surface area contributed by atoms with Crippen LogP contribution in [0.25, 0.3) is 0 Å². The van der Waals surface area contributed by atoms with E-state index in [1.807, 2.05) is 0 Å². The van der Waals surface area contributed by atoms with Gasteiger partial charge in [-0.05, 0) is 26.9 Å². The third-order valence-electron chi connectivity index (χ3n) is 3.37. The number of likely N-dealkylation sites (N-methyl/N-ethyl adjacent to an activating group) is 1. The van der Waals surface area contributed by atoms with Gasteiger partial charge in [0, 0.05) is 30.4 Å². The Balaban J connectivity index is 2.92. The molecular weight excluding hydrogens is 236 g/mol. The first-order valence-electron chi connectivity index (χ1n) is 7.45. The predicted octanol–water partition coefficient (Wildman–Crippen LogP) is 2.07. The van der Waals surface area contributed by atoms with Gasteiger partial charge >= 0.3 is 0 Å². The molecule has 0 unspecified atom stereocenters. The van der Waals surface area contributed by atoms with Crippen molar-refractivity contribution >= 4 is 0 Å². The smallest absolute Gasteiger partial charge is 0.0669 e. The molecule has 4 nitrogen and oxygen atoms in total. The minimum atomic E-state index is 0.513. The highest BCUT2D eigenvalue weighted by Gasteiger charge is 2.15. The van der Waals surface area contributed by atoms with Gasteiger partial charge in [-0.1, -0.05) is 27.7 Å². The summed E-state index contributed by atoms with van der Waals surface area (Å²) in [5.41, 5.74) is 4.06. The van der Waals surface area contributed by atoms with E-state index >= 15 is 0 Å². The molecule has 0 fully saturated rings. The first-order chi connectivity index (χ1) is 8.99. The van der Waals surface area contributed by atoms with Crippen LogP contribution >= 0.6 is 0 Å². The van der Waals surface area contributed by atoms with Gasteiger partial charge in [0.25, 0.3) is 0 Å². The maximum absolute atomic E-state index is 4.80. The second-order valence-corrected chi connectivity index (χ2v) is 5.64. The fourth-order valence-electron chi connectivity index (χ4n) is 2.26. The largest absolute Gasteiger partial charge is 0.310 e. The van der Waals surface area contributed by atoms with E-state index in [0.717, 1.165) is 32.5 Å². The van der Waals surface area contributed by atoms with E-state index in [0.29, 0.717) is 6.04 Å². The van der Waals surface area contributed by atoms with Gasteiger partial charge in [-0.25, -0.2) is 0 Å². The molecule has 0 aliphatic rings. The van der Waals surface area contributed by atoms with Crippen LogP contribution < -0.4 is 5.32 Å². The molecule has 0 saturated heterocycles. The molecule has 4 heteroatoms. The Morgan fingerprint density at radius 1 is 1.21 bits per heavy atom. The number of hydrogen-bond donors (Lipinski definition) is 1. The summed E-state index contributed by atoms with van der Waals surface area (Å²) < 4.78 is 2.20. The Morgan fingerprint density at radius 3 is 2.37 bits per heavy atom. The van der Waals surface area contributed by atoms with E-state index in [1.54, 1.807) is 0 Å². The lowest BCUT2D eigenvalue weighted by Crippen LogP contribution is -2.23. The van der Waals surface area contributed by atoms with E-state index in [1.165, 1.54) is 17.0 Å². The molecule has 0 bridgehead atoms. The van der Waals surface area contributed by atoms with Crippen molar-refractivity contribution < 1.29 is 0 Å². The molecule has 0 amide bonds. The average molecular weight is 266 g/mol. The highest BCUT2D eigenvalue weighted by Crippen LogP contribution is 2.16. The van der Waals surface area contributed by atoms with Gasteiger partial charge in [-0.3, -0.25) is 4.68 Å². The molecular formula is C15H30N4. The van der Waals surface area contributed by atoms with Crippen molar-refractivity contribution in [3.63, 3.8) is 0 Å². The van der Waals surface area contributed by atoms with Gasteiger partial charge in [-0.2, -0.15) is 5.10 Å². The topological polar surface area (TPSA) is 33.1 Å². The Bertz CT molecular complexity index is 380. The van der Waals surface area contributed by atoms with Crippen molar-refractivity contribution in [1.29, 1.82) is 0 Å². The van der Waals surface area contributed by atoms with Crippen LogP contribution in [0.2, 0.25) is 0 Å². The normalized spacial score (nSPS) is 11.8. The average Bonchev–Trinajstić information content (AvgIpc) is 2.70. The molecule has 0 atom stereocenters.